The second kappa shape index (κ2) is 6.20. The first-order valence-electron chi connectivity index (χ1n) is 7.04. The van der Waals surface area contributed by atoms with Crippen LogP contribution in [0.3, 0.4) is 0 Å². The van der Waals surface area contributed by atoms with Crippen molar-refractivity contribution in [3.8, 4) is 11.5 Å². The lowest BCUT2D eigenvalue weighted by Gasteiger charge is -2.38. The molecule has 1 fully saturated rings. The van der Waals surface area contributed by atoms with E-state index in [9.17, 15) is 4.79 Å². The molecule has 0 spiro atoms. The quantitative estimate of drug-likeness (QED) is 0.585. The second-order valence-electron chi connectivity index (χ2n) is 5.64. The molecule has 0 heterocycles. The highest BCUT2D eigenvalue weighted by Crippen LogP contribution is 2.53. The van der Waals surface area contributed by atoms with Crippen LogP contribution in [-0.4, -0.2) is 20.3 Å². The Kier molecular flexibility index (Phi) is 4.74. The molecule has 4 nitrogen and oxygen atoms in total. The zero-order valence-corrected chi connectivity index (χ0v) is 14.4. The predicted molar refractivity (Wildman–Crippen MR) is 85.0 cm³/mol. The van der Waals surface area contributed by atoms with Crippen LogP contribution in [0.25, 0.3) is 0 Å². The molecule has 114 valence electrons. The van der Waals surface area contributed by atoms with Gasteiger partial charge in [-0.15, -0.1) is 0 Å². The molecule has 1 aromatic rings. The van der Waals surface area contributed by atoms with E-state index in [2.05, 4.69) is 40.8 Å². The minimum atomic E-state index is -0.495. The summed E-state index contributed by atoms with van der Waals surface area (Å²) in [6.07, 6.45) is 4.46. The van der Waals surface area contributed by atoms with Crippen LogP contribution in [0, 0.1) is 0 Å². The molecular formula is C16H20BrNO3. The molecule has 0 atom stereocenters. The summed E-state index contributed by atoms with van der Waals surface area (Å²) in [7, 11) is 3.27. The summed E-state index contributed by atoms with van der Waals surface area (Å²) in [4.78, 5) is 14.9. The first-order chi connectivity index (χ1) is 10.0. The number of hydrogen-bond donors (Lipinski definition) is 0. The fourth-order valence-corrected chi connectivity index (χ4v) is 3.62. The molecule has 0 N–H and O–H groups in total. The Morgan fingerprint density at radius 1 is 1.29 bits per heavy atom. The molecule has 0 aliphatic heterocycles. The van der Waals surface area contributed by atoms with E-state index < -0.39 is 5.54 Å². The number of halogens is 1. The average Bonchev–Trinajstić information content (AvgIpc) is 2.41. The Morgan fingerprint density at radius 2 is 1.90 bits per heavy atom. The molecule has 21 heavy (non-hydrogen) atoms. The molecule has 0 saturated heterocycles. The van der Waals surface area contributed by atoms with Gasteiger partial charge in [-0.2, -0.15) is 4.99 Å². The van der Waals surface area contributed by atoms with Crippen molar-refractivity contribution in [3.05, 3.63) is 21.7 Å². The Labute approximate surface area is 133 Å². The van der Waals surface area contributed by atoms with Gasteiger partial charge < -0.3 is 9.47 Å². The predicted octanol–water partition coefficient (Wildman–Crippen LogP) is 4.30. The maximum Gasteiger partial charge on any atom is 0.235 e. The van der Waals surface area contributed by atoms with Gasteiger partial charge in [-0.25, -0.2) is 4.79 Å². The summed E-state index contributed by atoms with van der Waals surface area (Å²) in [6.45, 7) is 4.22. The maximum absolute atomic E-state index is 10.8. The summed E-state index contributed by atoms with van der Waals surface area (Å²) < 4.78 is 11.9. The second-order valence-corrected chi connectivity index (χ2v) is 6.43. The molecule has 5 heteroatoms. The number of carbonyl (C=O) groups excluding carboxylic acids is 1. The molecule has 0 amide bonds. The van der Waals surface area contributed by atoms with Gasteiger partial charge >= 0.3 is 0 Å². The zero-order valence-electron chi connectivity index (χ0n) is 12.8. The van der Waals surface area contributed by atoms with Crippen LogP contribution in [0.1, 0.15) is 50.2 Å². The molecule has 0 bridgehead atoms. The summed E-state index contributed by atoms with van der Waals surface area (Å²) >= 11 is 3.58. The zero-order chi connectivity index (χ0) is 15.6. The number of aliphatic imine (C=N–C) groups is 1. The first kappa shape index (κ1) is 16.1. The van der Waals surface area contributed by atoms with E-state index in [4.69, 9.17) is 9.47 Å². The lowest BCUT2D eigenvalue weighted by molar-refractivity contribution is 0.244. The molecule has 2 rings (SSSR count). The van der Waals surface area contributed by atoms with E-state index in [1.54, 1.807) is 20.3 Å². The van der Waals surface area contributed by atoms with Crippen LogP contribution >= 0.6 is 15.9 Å². The minimum absolute atomic E-state index is 0.290. The van der Waals surface area contributed by atoms with Gasteiger partial charge in [-0.3, -0.25) is 0 Å². The third-order valence-corrected chi connectivity index (χ3v) is 4.90. The first-order valence-corrected chi connectivity index (χ1v) is 7.84. The van der Waals surface area contributed by atoms with E-state index in [-0.39, 0.29) is 0 Å². The SMILES string of the molecule is COc1c(C(C)C)cc(C2(N=C=O)CCC2)c(OC)c1Br. The molecule has 1 aromatic carbocycles. The highest BCUT2D eigenvalue weighted by atomic mass is 79.9. The fraction of sp³-hybridized carbons (Fsp3) is 0.562. The van der Waals surface area contributed by atoms with E-state index in [0.717, 1.165) is 40.6 Å². The topological polar surface area (TPSA) is 47.9 Å². The lowest BCUT2D eigenvalue weighted by Crippen LogP contribution is -2.32. The van der Waals surface area contributed by atoms with E-state index in [1.165, 1.54) is 0 Å². The number of rotatable bonds is 5. The maximum atomic E-state index is 10.8. The van der Waals surface area contributed by atoms with Crippen molar-refractivity contribution in [2.75, 3.05) is 14.2 Å². The summed E-state index contributed by atoms with van der Waals surface area (Å²) in [5, 5.41) is 0. The monoisotopic (exact) mass is 353 g/mol. The molecule has 0 aromatic heterocycles. The van der Waals surface area contributed by atoms with Gasteiger partial charge in [-0.1, -0.05) is 13.8 Å². The fourth-order valence-electron chi connectivity index (χ4n) is 2.86. The average molecular weight is 354 g/mol. The lowest BCUT2D eigenvalue weighted by atomic mass is 9.71. The molecular weight excluding hydrogens is 334 g/mol. The number of nitrogens with zero attached hydrogens (tertiary/aromatic N) is 1. The number of benzene rings is 1. The minimum Gasteiger partial charge on any atom is -0.495 e. The molecule has 1 aliphatic carbocycles. The van der Waals surface area contributed by atoms with Gasteiger partial charge in [0.05, 0.1) is 14.2 Å². The van der Waals surface area contributed by atoms with Crippen molar-refractivity contribution in [2.45, 2.75) is 44.6 Å². The van der Waals surface area contributed by atoms with Gasteiger partial charge in [0, 0.05) is 5.56 Å². The van der Waals surface area contributed by atoms with Crippen molar-refractivity contribution in [2.24, 2.45) is 4.99 Å². The molecule has 0 unspecified atom stereocenters. The molecule has 1 aliphatic rings. The summed E-state index contributed by atoms with van der Waals surface area (Å²) in [5.74, 6) is 1.75. The van der Waals surface area contributed by atoms with Crippen LogP contribution in [0.2, 0.25) is 0 Å². The van der Waals surface area contributed by atoms with E-state index >= 15 is 0 Å². The number of ether oxygens (including phenoxy) is 2. The largest absolute Gasteiger partial charge is 0.495 e. The van der Waals surface area contributed by atoms with Crippen LogP contribution in [0.15, 0.2) is 15.5 Å². The highest BCUT2D eigenvalue weighted by Gasteiger charge is 2.42. The van der Waals surface area contributed by atoms with Gasteiger partial charge in [0.25, 0.3) is 0 Å². The molecule has 1 saturated carbocycles. The normalized spacial score (nSPS) is 16.1. The summed E-state index contributed by atoms with van der Waals surface area (Å²) in [5.41, 5.74) is 1.52. The number of methoxy groups -OCH3 is 2. The van der Waals surface area contributed by atoms with Crippen LogP contribution < -0.4 is 9.47 Å². The van der Waals surface area contributed by atoms with Gasteiger partial charge in [0.15, 0.2) is 0 Å². The highest BCUT2D eigenvalue weighted by molar-refractivity contribution is 9.10. The smallest absolute Gasteiger partial charge is 0.235 e. The van der Waals surface area contributed by atoms with E-state index in [1.807, 2.05) is 0 Å². The Bertz CT molecular complexity index is 588. The van der Waals surface area contributed by atoms with Crippen LogP contribution in [-0.2, 0) is 10.3 Å². The Morgan fingerprint density at radius 3 is 2.29 bits per heavy atom. The standard InChI is InChI=1S/C16H20BrNO3/c1-10(2)11-8-12(16(18-9-19)6-5-7-16)15(21-4)13(17)14(11)20-3/h8,10H,5-7H2,1-4H3. The van der Waals surface area contributed by atoms with Crippen LogP contribution in [0.5, 0.6) is 11.5 Å². The van der Waals surface area contributed by atoms with Crippen molar-refractivity contribution >= 4 is 22.0 Å². The van der Waals surface area contributed by atoms with Crippen molar-refractivity contribution < 1.29 is 14.3 Å². The Hall–Kier alpha value is -1.32. The van der Waals surface area contributed by atoms with Crippen LogP contribution in [0.4, 0.5) is 0 Å². The number of hydrogen-bond acceptors (Lipinski definition) is 4. The van der Waals surface area contributed by atoms with Gasteiger partial charge in [0.1, 0.15) is 21.5 Å². The summed E-state index contributed by atoms with van der Waals surface area (Å²) in [6, 6.07) is 2.06. The third kappa shape index (κ3) is 2.60. The van der Waals surface area contributed by atoms with Crippen molar-refractivity contribution in [1.82, 2.24) is 0 Å². The third-order valence-electron chi connectivity index (χ3n) is 4.18. The van der Waals surface area contributed by atoms with Gasteiger partial charge in [0.2, 0.25) is 6.08 Å². The van der Waals surface area contributed by atoms with Crippen molar-refractivity contribution in [1.29, 1.82) is 0 Å². The molecule has 0 radical (unpaired) electrons. The van der Waals surface area contributed by atoms with Crippen molar-refractivity contribution in [3.63, 3.8) is 0 Å². The number of isocyanates is 1. The van der Waals surface area contributed by atoms with Gasteiger partial charge in [-0.05, 0) is 52.7 Å². The van der Waals surface area contributed by atoms with E-state index in [0.29, 0.717) is 11.7 Å². The Balaban J connectivity index is 2.73.